The van der Waals surface area contributed by atoms with Gasteiger partial charge in [0, 0.05) is 25.3 Å². The van der Waals surface area contributed by atoms with Crippen LogP contribution in [0, 0.1) is 6.92 Å². The standard InChI is InChI=1S/C15H19ClN4/c1-3-20(13-6-4-5-12(2)9-13)8-7-18-15-11-17-10-14(16)19-15/h4-6,9-11H,3,7-8H2,1-2H3,(H,18,19). The van der Waals surface area contributed by atoms with Crippen molar-refractivity contribution in [2.75, 3.05) is 29.9 Å². The van der Waals surface area contributed by atoms with Gasteiger partial charge in [-0.05, 0) is 31.5 Å². The molecule has 0 aliphatic heterocycles. The quantitative estimate of drug-likeness (QED) is 0.885. The average Bonchev–Trinajstić information content (AvgIpc) is 2.44. The van der Waals surface area contributed by atoms with Crippen LogP contribution in [0.15, 0.2) is 36.7 Å². The van der Waals surface area contributed by atoms with Gasteiger partial charge in [-0.15, -0.1) is 0 Å². The van der Waals surface area contributed by atoms with Gasteiger partial charge in [0.2, 0.25) is 0 Å². The number of nitrogens with one attached hydrogen (secondary N) is 1. The number of benzene rings is 1. The van der Waals surface area contributed by atoms with Gasteiger partial charge >= 0.3 is 0 Å². The smallest absolute Gasteiger partial charge is 0.149 e. The highest BCUT2D eigenvalue weighted by molar-refractivity contribution is 6.29. The fourth-order valence-corrected chi connectivity index (χ4v) is 2.19. The van der Waals surface area contributed by atoms with Gasteiger partial charge in [0.1, 0.15) is 11.0 Å². The molecule has 0 aliphatic carbocycles. The summed E-state index contributed by atoms with van der Waals surface area (Å²) < 4.78 is 0. The van der Waals surface area contributed by atoms with E-state index in [1.54, 1.807) is 6.20 Å². The molecule has 0 fully saturated rings. The van der Waals surface area contributed by atoms with Crippen LogP contribution in [0.2, 0.25) is 5.15 Å². The lowest BCUT2D eigenvalue weighted by atomic mass is 10.2. The van der Waals surface area contributed by atoms with Crippen molar-refractivity contribution in [3.63, 3.8) is 0 Å². The molecule has 0 spiro atoms. The fourth-order valence-electron chi connectivity index (χ4n) is 2.04. The molecule has 0 amide bonds. The molecule has 106 valence electrons. The van der Waals surface area contributed by atoms with E-state index < -0.39 is 0 Å². The van der Waals surface area contributed by atoms with Crippen LogP contribution in [-0.2, 0) is 0 Å². The van der Waals surface area contributed by atoms with Crippen LogP contribution in [0.3, 0.4) is 0 Å². The molecule has 1 N–H and O–H groups in total. The zero-order chi connectivity index (χ0) is 14.4. The summed E-state index contributed by atoms with van der Waals surface area (Å²) in [6.07, 6.45) is 3.20. The highest BCUT2D eigenvalue weighted by Crippen LogP contribution is 2.15. The van der Waals surface area contributed by atoms with Crippen LogP contribution < -0.4 is 10.2 Å². The molecule has 2 rings (SSSR count). The second kappa shape index (κ2) is 7.10. The molecule has 0 atom stereocenters. The molecule has 0 bridgehead atoms. The Labute approximate surface area is 124 Å². The van der Waals surface area contributed by atoms with E-state index in [-0.39, 0.29) is 0 Å². The molecule has 1 aromatic heterocycles. The number of halogens is 1. The average molecular weight is 291 g/mol. The Hall–Kier alpha value is -1.81. The maximum absolute atomic E-state index is 5.80. The van der Waals surface area contributed by atoms with Crippen LogP contribution in [0.4, 0.5) is 11.5 Å². The van der Waals surface area contributed by atoms with Gasteiger partial charge in [-0.1, -0.05) is 23.7 Å². The number of hydrogen-bond donors (Lipinski definition) is 1. The van der Waals surface area contributed by atoms with Crippen LogP contribution in [0.25, 0.3) is 0 Å². The largest absolute Gasteiger partial charge is 0.370 e. The molecular formula is C15H19ClN4. The minimum Gasteiger partial charge on any atom is -0.370 e. The molecule has 5 heteroatoms. The molecule has 1 heterocycles. The lowest BCUT2D eigenvalue weighted by Crippen LogP contribution is -2.29. The van der Waals surface area contributed by atoms with E-state index in [1.807, 2.05) is 0 Å². The summed E-state index contributed by atoms with van der Waals surface area (Å²) in [6, 6.07) is 8.53. The maximum atomic E-state index is 5.80. The Morgan fingerprint density at radius 1 is 1.30 bits per heavy atom. The van der Waals surface area contributed by atoms with Crippen LogP contribution >= 0.6 is 11.6 Å². The Kier molecular flexibility index (Phi) is 5.18. The second-order valence-electron chi connectivity index (χ2n) is 4.57. The van der Waals surface area contributed by atoms with Crippen molar-refractivity contribution >= 4 is 23.1 Å². The van der Waals surface area contributed by atoms with Crippen molar-refractivity contribution in [2.45, 2.75) is 13.8 Å². The Bertz CT molecular complexity index is 559. The summed E-state index contributed by atoms with van der Waals surface area (Å²) in [5, 5.41) is 3.64. The molecule has 20 heavy (non-hydrogen) atoms. The first-order valence-electron chi connectivity index (χ1n) is 6.72. The van der Waals surface area contributed by atoms with Crippen molar-refractivity contribution in [3.05, 3.63) is 47.4 Å². The summed E-state index contributed by atoms with van der Waals surface area (Å²) in [5.41, 5.74) is 2.51. The first-order valence-corrected chi connectivity index (χ1v) is 7.10. The fraction of sp³-hybridized carbons (Fsp3) is 0.333. The Morgan fingerprint density at radius 3 is 2.85 bits per heavy atom. The van der Waals surface area contributed by atoms with Gasteiger partial charge in [0.15, 0.2) is 0 Å². The lowest BCUT2D eigenvalue weighted by molar-refractivity contribution is 0.832. The summed E-state index contributed by atoms with van der Waals surface area (Å²) in [4.78, 5) is 10.5. The molecule has 2 aromatic rings. The van der Waals surface area contributed by atoms with Crippen LogP contribution in [0.1, 0.15) is 12.5 Å². The highest BCUT2D eigenvalue weighted by atomic mass is 35.5. The van der Waals surface area contributed by atoms with E-state index in [9.17, 15) is 0 Å². The topological polar surface area (TPSA) is 41.0 Å². The number of rotatable bonds is 6. The van der Waals surface area contributed by atoms with Crippen molar-refractivity contribution in [2.24, 2.45) is 0 Å². The maximum Gasteiger partial charge on any atom is 0.149 e. The highest BCUT2D eigenvalue weighted by Gasteiger charge is 2.04. The third-order valence-corrected chi connectivity index (χ3v) is 3.22. The first kappa shape index (κ1) is 14.6. The number of aromatic nitrogens is 2. The Morgan fingerprint density at radius 2 is 2.15 bits per heavy atom. The number of nitrogens with zero attached hydrogens (tertiary/aromatic N) is 3. The normalized spacial score (nSPS) is 10.3. The lowest BCUT2D eigenvalue weighted by Gasteiger charge is -2.23. The summed E-state index contributed by atoms with van der Waals surface area (Å²) in [5.74, 6) is 0.706. The zero-order valence-corrected chi connectivity index (χ0v) is 12.6. The van der Waals surface area contributed by atoms with E-state index in [0.29, 0.717) is 11.0 Å². The van der Waals surface area contributed by atoms with E-state index in [0.717, 1.165) is 19.6 Å². The van der Waals surface area contributed by atoms with Crippen molar-refractivity contribution in [1.82, 2.24) is 9.97 Å². The number of hydrogen-bond acceptors (Lipinski definition) is 4. The predicted molar refractivity (Wildman–Crippen MR) is 84.6 cm³/mol. The van der Waals surface area contributed by atoms with Crippen molar-refractivity contribution in [1.29, 1.82) is 0 Å². The van der Waals surface area contributed by atoms with Crippen molar-refractivity contribution in [3.8, 4) is 0 Å². The minimum absolute atomic E-state index is 0.404. The predicted octanol–water partition coefficient (Wildman–Crippen LogP) is 3.38. The third-order valence-electron chi connectivity index (χ3n) is 3.04. The van der Waals surface area contributed by atoms with Gasteiger partial charge < -0.3 is 10.2 Å². The van der Waals surface area contributed by atoms with Gasteiger partial charge in [-0.25, -0.2) is 4.98 Å². The second-order valence-corrected chi connectivity index (χ2v) is 4.96. The minimum atomic E-state index is 0.404. The van der Waals surface area contributed by atoms with Crippen molar-refractivity contribution < 1.29 is 0 Å². The van der Waals surface area contributed by atoms with E-state index in [4.69, 9.17) is 11.6 Å². The SMILES string of the molecule is CCN(CCNc1cncc(Cl)n1)c1cccc(C)c1. The third kappa shape index (κ3) is 4.10. The van der Waals surface area contributed by atoms with Gasteiger partial charge in [0.05, 0.1) is 12.4 Å². The molecule has 0 saturated carbocycles. The summed E-state index contributed by atoms with van der Waals surface area (Å²) in [6.45, 7) is 6.91. The molecule has 0 aliphatic rings. The molecule has 0 unspecified atom stereocenters. The monoisotopic (exact) mass is 290 g/mol. The summed E-state index contributed by atoms with van der Waals surface area (Å²) in [7, 11) is 0. The number of aryl methyl sites for hydroxylation is 1. The number of anilines is 2. The Balaban J connectivity index is 1.91. The molecule has 1 aromatic carbocycles. The van der Waals surface area contributed by atoms with E-state index in [1.165, 1.54) is 17.4 Å². The van der Waals surface area contributed by atoms with Gasteiger partial charge in [0.25, 0.3) is 0 Å². The van der Waals surface area contributed by atoms with E-state index >= 15 is 0 Å². The number of likely N-dealkylation sites (N-methyl/N-ethyl adjacent to an activating group) is 1. The van der Waals surface area contributed by atoms with Gasteiger partial charge in [-0.3, -0.25) is 4.98 Å². The van der Waals surface area contributed by atoms with Crippen LogP contribution in [0.5, 0.6) is 0 Å². The molecule has 0 radical (unpaired) electrons. The molecular weight excluding hydrogens is 272 g/mol. The van der Waals surface area contributed by atoms with Crippen LogP contribution in [-0.4, -0.2) is 29.6 Å². The first-order chi connectivity index (χ1) is 9.69. The zero-order valence-electron chi connectivity index (χ0n) is 11.8. The van der Waals surface area contributed by atoms with Gasteiger partial charge in [-0.2, -0.15) is 0 Å². The summed E-state index contributed by atoms with van der Waals surface area (Å²) >= 11 is 5.80. The van der Waals surface area contributed by atoms with E-state index in [2.05, 4.69) is 58.3 Å². The molecule has 4 nitrogen and oxygen atoms in total. The molecule has 0 saturated heterocycles.